The zero-order valence-electron chi connectivity index (χ0n) is 20.2. The molecule has 0 fully saturated rings. The molecule has 0 aliphatic carbocycles. The first-order valence-electron chi connectivity index (χ1n) is 11.2. The lowest BCUT2D eigenvalue weighted by atomic mass is 10.2. The monoisotopic (exact) mass is 534 g/mol. The van der Waals surface area contributed by atoms with Crippen LogP contribution in [0.1, 0.15) is 19.4 Å². The second-order valence-corrected chi connectivity index (χ2v) is 9.64. The normalized spacial score (nSPS) is 12.8. The lowest BCUT2D eigenvalue weighted by molar-refractivity contribution is -0.0402. The van der Waals surface area contributed by atoms with Crippen LogP contribution in [-0.2, 0) is 6.54 Å². The molecule has 0 aliphatic rings. The highest BCUT2D eigenvalue weighted by Crippen LogP contribution is 2.49. The molecule has 1 atom stereocenters. The average molecular weight is 535 g/mol. The van der Waals surface area contributed by atoms with Crippen LogP contribution in [0.5, 0.6) is 0 Å². The third-order valence-corrected chi connectivity index (χ3v) is 6.86. The van der Waals surface area contributed by atoms with Gasteiger partial charge >= 0.3 is 5.92 Å². The molecule has 1 heterocycles. The summed E-state index contributed by atoms with van der Waals surface area (Å²) < 4.78 is 54.7. The number of allylic oxidation sites excluding steroid dienone is 2. The number of aliphatic imine (C=N–C) groups is 1. The predicted molar refractivity (Wildman–Crippen MR) is 142 cm³/mol. The van der Waals surface area contributed by atoms with E-state index in [4.69, 9.17) is 11.6 Å². The number of nitrogen functional groups attached to an aromatic ring is 1. The van der Waals surface area contributed by atoms with Gasteiger partial charge in [0.25, 0.3) is 0 Å². The number of nitrogens with zero attached hydrogens (tertiary/aromatic N) is 4. The molecule has 6 N–H and O–H groups in total. The summed E-state index contributed by atoms with van der Waals surface area (Å²) in [6, 6.07) is 10.8. The number of hydrogen-bond donors (Lipinski definition) is 4. The summed E-state index contributed by atoms with van der Waals surface area (Å²) in [7, 11) is -2.87. The smallest absolute Gasteiger partial charge is 0.381 e. The van der Waals surface area contributed by atoms with Gasteiger partial charge in [0.05, 0.1) is 18.4 Å². The Balaban J connectivity index is 1.75. The summed E-state index contributed by atoms with van der Waals surface area (Å²) in [5.74, 6) is 1.05. The van der Waals surface area contributed by atoms with Gasteiger partial charge in [-0.2, -0.15) is 13.2 Å². The first-order valence-corrected chi connectivity index (χ1v) is 12.5. The number of nitrogens with one attached hydrogen (secondary N) is 2. The minimum atomic E-state index is -4.58. The molecule has 8 nitrogen and oxygen atoms in total. The number of hydrogen-bond acceptors (Lipinski definition) is 8. The van der Waals surface area contributed by atoms with Gasteiger partial charge in [-0.05, 0) is 55.4 Å². The summed E-state index contributed by atoms with van der Waals surface area (Å²) in [6.07, 6.45) is 6.71. The highest BCUT2D eigenvalue weighted by atomic mass is 31.1. The maximum absolute atomic E-state index is 14.6. The highest BCUT2D eigenvalue weighted by Gasteiger charge is 2.42. The molecule has 0 aliphatic heterocycles. The molecule has 37 heavy (non-hydrogen) atoms. The Labute approximate surface area is 213 Å². The molecule has 1 unspecified atom stereocenters. The van der Waals surface area contributed by atoms with E-state index in [9.17, 15) is 17.6 Å². The molecule has 2 aromatic carbocycles. The number of halogens is 4. The molecule has 0 radical (unpaired) electrons. The van der Waals surface area contributed by atoms with Crippen molar-refractivity contribution in [1.82, 2.24) is 15.1 Å². The maximum Gasteiger partial charge on any atom is 0.423 e. The molecule has 196 valence electrons. The molecule has 3 rings (SSSR count). The van der Waals surface area contributed by atoms with Crippen molar-refractivity contribution in [2.24, 2.45) is 10.8 Å². The van der Waals surface area contributed by atoms with Crippen molar-refractivity contribution in [3.63, 3.8) is 0 Å². The number of hydrazine groups is 1. The lowest BCUT2D eigenvalue weighted by Gasteiger charge is -2.22. The molecule has 0 spiro atoms. The third-order valence-electron chi connectivity index (χ3n) is 4.88. The fraction of sp³-hybridized carbons (Fsp3) is 0.208. The first-order chi connectivity index (χ1) is 17.6. The Morgan fingerprint density at radius 3 is 2.51 bits per heavy atom. The van der Waals surface area contributed by atoms with Crippen LogP contribution in [0, 0.1) is 5.82 Å². The quantitative estimate of drug-likeness (QED) is 0.0923. The highest BCUT2D eigenvalue weighted by molar-refractivity contribution is 7.64. The van der Waals surface area contributed by atoms with Crippen LogP contribution in [0.2, 0.25) is 0 Å². The minimum Gasteiger partial charge on any atom is -0.381 e. The van der Waals surface area contributed by atoms with Crippen molar-refractivity contribution in [3.05, 3.63) is 72.2 Å². The number of aromatic nitrogens is 2. The number of anilines is 4. The van der Waals surface area contributed by atoms with Crippen molar-refractivity contribution in [2.45, 2.75) is 26.3 Å². The van der Waals surface area contributed by atoms with E-state index in [-0.39, 0.29) is 36.2 Å². The summed E-state index contributed by atoms with van der Waals surface area (Å²) >= 11 is 0. The van der Waals surface area contributed by atoms with Gasteiger partial charge < -0.3 is 11.1 Å². The van der Waals surface area contributed by atoms with Crippen molar-refractivity contribution >= 4 is 48.4 Å². The molecular formula is C24H27F4N8P. The van der Waals surface area contributed by atoms with Crippen molar-refractivity contribution in [3.8, 4) is 0 Å². The fourth-order valence-corrected chi connectivity index (χ4v) is 4.66. The molecule has 0 saturated heterocycles. The van der Waals surface area contributed by atoms with Crippen LogP contribution in [0.3, 0.4) is 0 Å². The molecule has 1 aromatic heterocycles. The van der Waals surface area contributed by atoms with E-state index in [0.717, 1.165) is 23.4 Å². The van der Waals surface area contributed by atoms with Gasteiger partial charge in [0, 0.05) is 17.2 Å². The van der Waals surface area contributed by atoms with E-state index < -0.39 is 25.1 Å². The Hall–Kier alpha value is -3.60. The van der Waals surface area contributed by atoms with E-state index in [1.807, 2.05) is 43.3 Å². The molecular weight excluding hydrogens is 507 g/mol. The van der Waals surface area contributed by atoms with Crippen LogP contribution >= 0.6 is 8.07 Å². The molecule has 13 heteroatoms. The minimum absolute atomic E-state index is 0.0543. The Bertz CT molecular complexity index is 1250. The van der Waals surface area contributed by atoms with Crippen molar-refractivity contribution < 1.29 is 17.6 Å². The Morgan fingerprint density at radius 2 is 1.89 bits per heavy atom. The van der Waals surface area contributed by atoms with E-state index >= 15 is 0 Å². The van der Waals surface area contributed by atoms with Crippen LogP contribution in [0.4, 0.5) is 46.4 Å². The Morgan fingerprint density at radius 1 is 1.16 bits per heavy atom. The first kappa shape index (κ1) is 28.0. The summed E-state index contributed by atoms with van der Waals surface area (Å²) in [4.78, 5) is 12.7. The van der Waals surface area contributed by atoms with E-state index in [0.29, 0.717) is 0 Å². The van der Waals surface area contributed by atoms with Gasteiger partial charge in [0.2, 0.25) is 0 Å². The van der Waals surface area contributed by atoms with Crippen LogP contribution < -0.4 is 32.3 Å². The van der Waals surface area contributed by atoms with Crippen LogP contribution in [-0.4, -0.2) is 28.6 Å². The van der Waals surface area contributed by atoms with Gasteiger partial charge in [-0.3, -0.25) is 15.1 Å². The predicted octanol–water partition coefficient (Wildman–Crippen LogP) is 5.25. The molecule has 0 bridgehead atoms. The topological polar surface area (TPSA) is 117 Å². The second kappa shape index (κ2) is 12.6. The van der Waals surface area contributed by atoms with Crippen LogP contribution in [0.15, 0.2) is 65.8 Å². The SMILES string of the molecule is C/C=C\C=Nc1ccc(CN(N)c2nc(Nc3ccc(P(NCC)C(F)(F)F)c(F)c3)cnc2N)cc1. The zero-order chi connectivity index (χ0) is 27.0. The maximum atomic E-state index is 14.6. The molecule has 0 saturated carbocycles. The van der Waals surface area contributed by atoms with Gasteiger partial charge in [-0.25, -0.2) is 20.2 Å². The standard InChI is InChI=1S/C24H27F4N8P/c1-3-5-12-31-17-8-6-16(7-9-17)15-36(30)23-22(29)32-14-21(35-23)34-18-10-11-20(19(25)13-18)37(33-4-2)24(26,27)28/h3,5-14,33H,4,15,30H2,1-2H3,(H2,29,32)(H,34,35)/b5-3-,31-12?. The largest absolute Gasteiger partial charge is 0.423 e. The lowest BCUT2D eigenvalue weighted by Crippen LogP contribution is -2.32. The average Bonchev–Trinajstić information content (AvgIpc) is 2.85. The van der Waals surface area contributed by atoms with Crippen LogP contribution in [0.25, 0.3) is 0 Å². The van der Waals surface area contributed by atoms with Crippen molar-refractivity contribution in [1.29, 1.82) is 0 Å². The van der Waals surface area contributed by atoms with Gasteiger partial charge in [0.1, 0.15) is 13.9 Å². The fourth-order valence-electron chi connectivity index (χ4n) is 3.22. The van der Waals surface area contributed by atoms with Gasteiger partial charge in [-0.15, -0.1) is 0 Å². The van der Waals surface area contributed by atoms with Crippen molar-refractivity contribution in [2.75, 3.05) is 22.6 Å². The Kier molecular flexibility index (Phi) is 9.51. The second-order valence-electron chi connectivity index (χ2n) is 7.67. The van der Waals surface area contributed by atoms with E-state index in [1.54, 1.807) is 6.21 Å². The summed E-state index contributed by atoms with van der Waals surface area (Å²) in [5.41, 5.74) is 7.80. The van der Waals surface area contributed by atoms with E-state index in [2.05, 4.69) is 25.4 Å². The summed E-state index contributed by atoms with van der Waals surface area (Å²) in [5, 5.41) is 6.02. The number of alkyl halides is 3. The number of nitrogens with two attached hydrogens (primary N) is 2. The summed E-state index contributed by atoms with van der Waals surface area (Å²) in [6.45, 7) is 3.75. The van der Waals surface area contributed by atoms with E-state index in [1.165, 1.54) is 24.2 Å². The van der Waals surface area contributed by atoms with Gasteiger partial charge in [0.15, 0.2) is 17.5 Å². The molecule has 0 amide bonds. The number of rotatable bonds is 10. The number of benzene rings is 2. The zero-order valence-corrected chi connectivity index (χ0v) is 21.1. The van der Waals surface area contributed by atoms with Gasteiger partial charge in [-0.1, -0.05) is 25.1 Å². The third kappa shape index (κ3) is 7.69. The molecule has 3 aromatic rings.